The number of hydrogen-bond donors (Lipinski definition) is 0. The number of aryl methyl sites for hydroxylation is 1. The van der Waals surface area contributed by atoms with Crippen LogP contribution in [0.4, 0.5) is 0 Å². The van der Waals surface area contributed by atoms with Gasteiger partial charge in [-0.1, -0.05) is 27.2 Å². The molecule has 0 radical (unpaired) electrons. The molecule has 0 fully saturated rings. The Morgan fingerprint density at radius 2 is 2.12 bits per heavy atom. The Balaban J connectivity index is 2.54. The Bertz CT molecular complexity index is 811. The zero-order valence-corrected chi connectivity index (χ0v) is 16.2. The van der Waals surface area contributed by atoms with Gasteiger partial charge in [-0.05, 0) is 39.8 Å². The second-order valence-corrected chi connectivity index (χ2v) is 8.66. The third-order valence-electron chi connectivity index (χ3n) is 3.33. The van der Waals surface area contributed by atoms with E-state index in [2.05, 4.69) is 9.55 Å². The summed E-state index contributed by atoms with van der Waals surface area (Å²) in [6, 6.07) is 4.86. The lowest BCUT2D eigenvalue weighted by atomic mass is 9.98. The fourth-order valence-electron chi connectivity index (χ4n) is 2.07. The Morgan fingerprint density at radius 3 is 2.72 bits per heavy atom. The summed E-state index contributed by atoms with van der Waals surface area (Å²) in [4.78, 5) is 12.1. The lowest BCUT2D eigenvalue weighted by Crippen LogP contribution is -2.25. The number of hydrogen-bond acceptors (Lipinski definition) is 6. The summed E-state index contributed by atoms with van der Waals surface area (Å²) in [6.45, 7) is 7.21. The van der Waals surface area contributed by atoms with E-state index < -0.39 is 22.1 Å². The maximum atomic E-state index is 12.1. The summed E-state index contributed by atoms with van der Waals surface area (Å²) in [5.74, 6) is -0.221. The number of carbonyl (C=O) groups excluding carboxylic acids is 1. The zero-order valence-electron chi connectivity index (χ0n) is 14.6. The van der Waals surface area contributed by atoms with E-state index in [1.165, 1.54) is 19.4 Å². The highest BCUT2D eigenvalue weighted by atomic mass is 35.5. The molecule has 1 heterocycles. The van der Waals surface area contributed by atoms with Crippen LogP contribution in [-0.2, 0) is 16.1 Å². The summed E-state index contributed by atoms with van der Waals surface area (Å²) >= 11 is 4.55. The summed E-state index contributed by atoms with van der Waals surface area (Å²) in [7, 11) is 1.29. The predicted octanol–water partition coefficient (Wildman–Crippen LogP) is 3.97. The van der Waals surface area contributed by atoms with Gasteiger partial charge in [0.25, 0.3) is 0 Å². The predicted molar refractivity (Wildman–Crippen MR) is 98.5 cm³/mol. The number of carbonyl (C=O) groups is 1. The molecule has 6 nitrogen and oxygen atoms in total. The highest BCUT2D eigenvalue weighted by molar-refractivity contribution is 7.91. The molecule has 0 saturated carbocycles. The maximum Gasteiger partial charge on any atom is 0.338 e. The van der Waals surface area contributed by atoms with Crippen LogP contribution in [-0.4, -0.2) is 33.8 Å². The third-order valence-corrected chi connectivity index (χ3v) is 4.91. The molecule has 2 rings (SSSR count). The van der Waals surface area contributed by atoms with Crippen LogP contribution < -0.4 is 0 Å². The van der Waals surface area contributed by atoms with Gasteiger partial charge in [0.15, 0.2) is 5.76 Å². The molecule has 0 N–H and O–H groups in total. The van der Waals surface area contributed by atoms with Crippen molar-refractivity contribution in [2.75, 3.05) is 7.11 Å². The first-order chi connectivity index (χ1) is 11.6. The smallest absolute Gasteiger partial charge is 0.338 e. The molecule has 8 heteroatoms. The molecule has 1 atom stereocenters. The topological polar surface area (TPSA) is 87.8 Å². The number of ether oxygens (including phenoxy) is 1. The maximum absolute atomic E-state index is 12.1. The van der Waals surface area contributed by atoms with E-state index in [0.29, 0.717) is 27.6 Å². The quantitative estimate of drug-likeness (QED) is 0.453. The average molecular weight is 383 g/mol. The van der Waals surface area contributed by atoms with Gasteiger partial charge in [0.2, 0.25) is 0 Å². The van der Waals surface area contributed by atoms with Crippen molar-refractivity contribution in [3.8, 4) is 11.1 Å². The number of nitrogens with zero attached hydrogens (tertiary/aromatic N) is 2. The molecule has 0 amide bonds. The summed E-state index contributed by atoms with van der Waals surface area (Å²) in [5, 5.41) is 4.34. The molecule has 0 aliphatic carbocycles. The van der Waals surface area contributed by atoms with Crippen molar-refractivity contribution in [1.29, 1.82) is 0 Å². The average Bonchev–Trinajstić information content (AvgIpc) is 2.91. The van der Waals surface area contributed by atoms with Gasteiger partial charge in [-0.25, -0.2) is 4.79 Å². The second kappa shape index (κ2) is 7.59. The van der Waals surface area contributed by atoms with E-state index in [4.69, 9.17) is 20.9 Å². The Hall–Kier alpha value is -1.83. The summed E-state index contributed by atoms with van der Waals surface area (Å²) in [5.41, 5.74) is 1.98. The van der Waals surface area contributed by atoms with Crippen LogP contribution in [0, 0.1) is 6.92 Å². The van der Waals surface area contributed by atoms with Crippen LogP contribution >= 0.6 is 11.6 Å². The van der Waals surface area contributed by atoms with E-state index in [-0.39, 0.29) is 5.56 Å². The molecule has 1 aromatic carbocycles. The van der Waals surface area contributed by atoms with E-state index in [1.807, 2.05) is 20.8 Å². The Morgan fingerprint density at radius 1 is 1.44 bits per heavy atom. The first kappa shape index (κ1) is 19.5. The van der Waals surface area contributed by atoms with Gasteiger partial charge in [-0.15, -0.1) is 0 Å². The number of methoxy groups -OCH3 is 1. The Kier molecular flexibility index (Phi) is 5.92. The highest BCUT2D eigenvalue weighted by Crippen LogP contribution is 2.32. The van der Waals surface area contributed by atoms with Crippen molar-refractivity contribution < 1.29 is 18.6 Å². The number of rotatable bonds is 4. The molecule has 0 aliphatic rings. The van der Waals surface area contributed by atoms with Crippen molar-refractivity contribution in [2.24, 2.45) is 4.40 Å². The SMILES string of the molecule is COC(=O)c1cc(Cl)ccc1-c1c(C)noc1C=N[S@@+]([O-])C(C)(C)C. The number of esters is 1. The van der Waals surface area contributed by atoms with Gasteiger partial charge in [-0.2, -0.15) is 0 Å². The van der Waals surface area contributed by atoms with Crippen LogP contribution in [0.15, 0.2) is 27.1 Å². The lowest BCUT2D eigenvalue weighted by molar-refractivity contribution is 0.0601. The molecule has 134 valence electrons. The van der Waals surface area contributed by atoms with Gasteiger partial charge in [0, 0.05) is 10.6 Å². The second-order valence-electron chi connectivity index (χ2n) is 6.28. The molecule has 0 aliphatic heterocycles. The van der Waals surface area contributed by atoms with Gasteiger partial charge >= 0.3 is 5.97 Å². The largest absolute Gasteiger partial charge is 0.591 e. The molecular weight excluding hydrogens is 364 g/mol. The number of aromatic nitrogens is 1. The summed E-state index contributed by atoms with van der Waals surface area (Å²) in [6.07, 6.45) is 1.37. The first-order valence-electron chi connectivity index (χ1n) is 7.45. The van der Waals surface area contributed by atoms with Crippen molar-refractivity contribution in [1.82, 2.24) is 5.16 Å². The van der Waals surface area contributed by atoms with Crippen LogP contribution in [0.25, 0.3) is 11.1 Å². The molecule has 1 aromatic heterocycles. The van der Waals surface area contributed by atoms with Gasteiger partial charge < -0.3 is 13.8 Å². The van der Waals surface area contributed by atoms with Crippen molar-refractivity contribution >= 4 is 35.1 Å². The normalized spacial score (nSPS) is 13.2. The number of benzene rings is 1. The molecule has 0 unspecified atom stereocenters. The summed E-state index contributed by atoms with van der Waals surface area (Å²) < 4.78 is 25.8. The minimum Gasteiger partial charge on any atom is -0.591 e. The van der Waals surface area contributed by atoms with Crippen molar-refractivity contribution in [3.63, 3.8) is 0 Å². The molecule has 0 saturated heterocycles. The van der Waals surface area contributed by atoms with E-state index in [0.717, 1.165) is 0 Å². The molecule has 2 aromatic rings. The van der Waals surface area contributed by atoms with Crippen LogP contribution in [0.1, 0.15) is 42.6 Å². The molecule has 0 bridgehead atoms. The van der Waals surface area contributed by atoms with Gasteiger partial charge in [0.1, 0.15) is 22.3 Å². The van der Waals surface area contributed by atoms with Gasteiger partial charge in [-0.3, -0.25) is 0 Å². The molecule has 0 spiro atoms. The first-order valence-corrected chi connectivity index (χ1v) is 8.94. The van der Waals surface area contributed by atoms with Crippen molar-refractivity contribution in [3.05, 3.63) is 40.2 Å². The lowest BCUT2D eigenvalue weighted by Gasteiger charge is -2.17. The van der Waals surface area contributed by atoms with Crippen molar-refractivity contribution in [2.45, 2.75) is 32.4 Å². The highest BCUT2D eigenvalue weighted by Gasteiger charge is 2.27. The molecule has 25 heavy (non-hydrogen) atoms. The zero-order chi connectivity index (χ0) is 18.8. The molecular formula is C17H19ClN2O4S. The van der Waals surface area contributed by atoms with Crippen LogP contribution in [0.5, 0.6) is 0 Å². The number of halogens is 1. The van der Waals surface area contributed by atoms with Crippen LogP contribution in [0.2, 0.25) is 5.02 Å². The monoisotopic (exact) mass is 382 g/mol. The standard InChI is InChI=1S/C17H19ClN2O4S/c1-10-15(12-7-6-11(18)8-13(12)16(21)23-5)14(24-20-10)9-19-25(22)17(2,3)4/h6-9H,1-5H3/t25-/m0/s1. The fourth-order valence-corrected chi connectivity index (χ4v) is 2.75. The van der Waals surface area contributed by atoms with E-state index in [9.17, 15) is 9.35 Å². The van der Waals surface area contributed by atoms with Gasteiger partial charge in [0.05, 0.1) is 23.9 Å². The minimum absolute atomic E-state index is 0.285. The minimum atomic E-state index is -1.44. The third kappa shape index (κ3) is 4.42. The fraction of sp³-hybridized carbons (Fsp3) is 0.353. The van der Waals surface area contributed by atoms with Crippen LogP contribution in [0.3, 0.4) is 0 Å². The Labute approximate surface area is 154 Å². The van der Waals surface area contributed by atoms with E-state index in [1.54, 1.807) is 19.1 Å². The van der Waals surface area contributed by atoms with E-state index >= 15 is 0 Å².